The maximum atomic E-state index is 11.0. The van der Waals surface area contributed by atoms with Crippen molar-refractivity contribution < 1.29 is 10.2 Å². The summed E-state index contributed by atoms with van der Waals surface area (Å²) in [6, 6.07) is 0. The van der Waals surface area contributed by atoms with E-state index in [2.05, 4.69) is 27.0 Å². The predicted molar refractivity (Wildman–Crippen MR) is 92.6 cm³/mol. The Hall–Kier alpha value is -0.600. The van der Waals surface area contributed by atoms with Crippen LogP contribution in [0.1, 0.15) is 65.7 Å². The minimum Gasteiger partial charge on any atom is -0.396 e. The molecule has 2 aliphatic carbocycles. The molecule has 2 aliphatic rings. The molecular formula is C20H34O2. The number of allylic oxidation sites excluding steroid dienone is 2. The van der Waals surface area contributed by atoms with Gasteiger partial charge in [-0.2, -0.15) is 0 Å². The zero-order chi connectivity index (χ0) is 16.6. The Bertz CT molecular complexity index is 439. The molecule has 2 heteroatoms. The Kier molecular flexibility index (Phi) is 4.94. The van der Waals surface area contributed by atoms with Crippen LogP contribution >= 0.6 is 0 Å². The molecule has 0 radical (unpaired) electrons. The summed E-state index contributed by atoms with van der Waals surface area (Å²) in [5.41, 5.74) is 0.568. The predicted octanol–water partition coefficient (Wildman–Crippen LogP) is 4.47. The topological polar surface area (TPSA) is 40.5 Å². The second-order valence-electron chi connectivity index (χ2n) is 8.57. The van der Waals surface area contributed by atoms with E-state index >= 15 is 0 Å². The summed E-state index contributed by atoms with van der Waals surface area (Å²) in [5, 5.41) is 21.0. The van der Waals surface area contributed by atoms with Crippen molar-refractivity contribution in [3.63, 3.8) is 0 Å². The first-order chi connectivity index (χ1) is 10.2. The summed E-state index contributed by atoms with van der Waals surface area (Å²) in [7, 11) is 0. The average molecular weight is 306 g/mol. The average Bonchev–Trinajstić information content (AvgIpc) is 2.45. The fourth-order valence-electron chi connectivity index (χ4n) is 5.70. The number of aliphatic hydroxyl groups excluding tert-OH is 1. The van der Waals surface area contributed by atoms with E-state index in [1.165, 1.54) is 0 Å². The number of aliphatic hydroxyl groups is 2. The van der Waals surface area contributed by atoms with Crippen LogP contribution in [0.4, 0.5) is 0 Å². The molecule has 0 amide bonds. The maximum Gasteiger partial charge on any atom is 0.0653 e. The molecule has 0 unspecified atom stereocenters. The fraction of sp³-hybridized carbons (Fsp3) is 0.800. The highest BCUT2D eigenvalue weighted by atomic mass is 16.3. The Morgan fingerprint density at radius 3 is 2.50 bits per heavy atom. The highest BCUT2D eigenvalue weighted by Crippen LogP contribution is 2.62. The van der Waals surface area contributed by atoms with E-state index in [0.29, 0.717) is 5.92 Å². The largest absolute Gasteiger partial charge is 0.396 e. The normalized spacial score (nSPS) is 45.1. The van der Waals surface area contributed by atoms with Gasteiger partial charge in [-0.15, -0.1) is 0 Å². The Balaban J connectivity index is 2.30. The van der Waals surface area contributed by atoms with Crippen LogP contribution < -0.4 is 0 Å². The van der Waals surface area contributed by atoms with Gasteiger partial charge in [-0.1, -0.05) is 45.1 Å². The molecule has 0 bridgehead atoms. The molecule has 0 heterocycles. The standard InChI is InChI=1S/C20H34O2/c1-6-15(2)8-9-17-19(4)12-7-11-18(3,14-21)16(19)10-13-20(17,5)22/h6,16-17,21-22H,1-2,7-14H2,3-5H3/t16-,17+,18-,19-,20+/m0/s1. The zero-order valence-electron chi connectivity index (χ0n) is 14.7. The third-order valence-electron chi connectivity index (χ3n) is 6.99. The van der Waals surface area contributed by atoms with Crippen LogP contribution in [0.5, 0.6) is 0 Å². The van der Waals surface area contributed by atoms with E-state index in [-0.39, 0.29) is 23.4 Å². The lowest BCUT2D eigenvalue weighted by atomic mass is 9.45. The fourth-order valence-corrected chi connectivity index (χ4v) is 5.70. The molecule has 0 aromatic carbocycles. The summed E-state index contributed by atoms with van der Waals surface area (Å²) in [5.74, 6) is 0.766. The van der Waals surface area contributed by atoms with Gasteiger partial charge in [0.05, 0.1) is 5.60 Å². The molecule has 2 N–H and O–H groups in total. The van der Waals surface area contributed by atoms with Gasteiger partial charge < -0.3 is 10.2 Å². The smallest absolute Gasteiger partial charge is 0.0653 e. The van der Waals surface area contributed by atoms with Crippen molar-refractivity contribution in [2.75, 3.05) is 6.61 Å². The SMILES string of the molecule is C=CC(=C)CC[C@@H]1[C@@]2(C)CCC[C@@](C)(CO)[C@@H]2CC[C@@]1(C)O. The second kappa shape index (κ2) is 6.13. The minimum absolute atomic E-state index is 0.0111. The van der Waals surface area contributed by atoms with Crippen LogP contribution in [0, 0.1) is 22.7 Å². The van der Waals surface area contributed by atoms with E-state index in [1.807, 2.05) is 13.0 Å². The Labute approximate surface area is 136 Å². The highest BCUT2D eigenvalue weighted by molar-refractivity contribution is 5.13. The summed E-state index contributed by atoms with van der Waals surface area (Å²) >= 11 is 0. The number of fused-ring (bicyclic) bond motifs is 1. The number of rotatable bonds is 5. The first-order valence-corrected chi connectivity index (χ1v) is 8.83. The third-order valence-corrected chi connectivity index (χ3v) is 6.99. The van der Waals surface area contributed by atoms with Gasteiger partial charge in [-0.3, -0.25) is 0 Å². The van der Waals surface area contributed by atoms with Gasteiger partial charge in [0.1, 0.15) is 0 Å². The van der Waals surface area contributed by atoms with Crippen molar-refractivity contribution in [3.05, 3.63) is 24.8 Å². The molecule has 0 saturated heterocycles. The summed E-state index contributed by atoms with van der Waals surface area (Å²) in [6.07, 6.45) is 8.99. The van der Waals surface area contributed by atoms with E-state index in [4.69, 9.17) is 0 Å². The Morgan fingerprint density at radius 1 is 1.23 bits per heavy atom. The molecule has 2 rings (SSSR count). The van der Waals surface area contributed by atoms with Gasteiger partial charge in [0.2, 0.25) is 0 Å². The molecule has 126 valence electrons. The first-order valence-electron chi connectivity index (χ1n) is 8.83. The van der Waals surface area contributed by atoms with Crippen molar-refractivity contribution in [3.8, 4) is 0 Å². The molecule has 2 saturated carbocycles. The molecule has 5 atom stereocenters. The maximum absolute atomic E-state index is 11.0. The lowest BCUT2D eigenvalue weighted by Gasteiger charge is -2.61. The number of hydrogen-bond acceptors (Lipinski definition) is 2. The summed E-state index contributed by atoms with van der Waals surface area (Å²) in [6.45, 7) is 14.7. The molecule has 0 spiro atoms. The zero-order valence-corrected chi connectivity index (χ0v) is 14.7. The van der Waals surface area contributed by atoms with Gasteiger partial charge in [0.25, 0.3) is 0 Å². The van der Waals surface area contributed by atoms with Gasteiger partial charge in [0, 0.05) is 6.61 Å². The van der Waals surface area contributed by atoms with Crippen molar-refractivity contribution in [2.24, 2.45) is 22.7 Å². The summed E-state index contributed by atoms with van der Waals surface area (Å²) in [4.78, 5) is 0. The van der Waals surface area contributed by atoms with Crippen LogP contribution in [0.25, 0.3) is 0 Å². The van der Waals surface area contributed by atoms with Crippen LogP contribution in [0.3, 0.4) is 0 Å². The van der Waals surface area contributed by atoms with Gasteiger partial charge >= 0.3 is 0 Å². The molecule has 2 fully saturated rings. The lowest BCUT2D eigenvalue weighted by molar-refractivity contribution is -0.179. The number of hydrogen-bond donors (Lipinski definition) is 2. The van der Waals surface area contributed by atoms with Gasteiger partial charge in [-0.25, -0.2) is 0 Å². The molecule has 2 nitrogen and oxygen atoms in total. The van der Waals surface area contributed by atoms with Crippen molar-refractivity contribution in [1.29, 1.82) is 0 Å². The molecule has 0 aromatic rings. The van der Waals surface area contributed by atoms with E-state index in [9.17, 15) is 10.2 Å². The monoisotopic (exact) mass is 306 g/mol. The molecule has 22 heavy (non-hydrogen) atoms. The molecule has 0 aromatic heterocycles. The minimum atomic E-state index is -0.611. The second-order valence-corrected chi connectivity index (χ2v) is 8.57. The molecule has 0 aliphatic heterocycles. The van der Waals surface area contributed by atoms with E-state index in [1.54, 1.807) is 0 Å². The third kappa shape index (κ3) is 2.92. The summed E-state index contributed by atoms with van der Waals surface area (Å²) < 4.78 is 0. The Morgan fingerprint density at radius 2 is 1.91 bits per heavy atom. The van der Waals surface area contributed by atoms with Crippen molar-refractivity contribution in [2.45, 2.75) is 71.3 Å². The van der Waals surface area contributed by atoms with Crippen LogP contribution in [0.15, 0.2) is 24.8 Å². The van der Waals surface area contributed by atoms with Crippen LogP contribution in [-0.4, -0.2) is 22.4 Å². The highest BCUT2D eigenvalue weighted by Gasteiger charge is 2.58. The van der Waals surface area contributed by atoms with E-state index < -0.39 is 5.60 Å². The van der Waals surface area contributed by atoms with E-state index in [0.717, 1.165) is 50.5 Å². The van der Waals surface area contributed by atoms with Crippen LogP contribution in [0.2, 0.25) is 0 Å². The quantitative estimate of drug-likeness (QED) is 0.735. The van der Waals surface area contributed by atoms with Gasteiger partial charge in [-0.05, 0) is 68.1 Å². The lowest BCUT2D eigenvalue weighted by Crippen LogP contribution is -2.58. The van der Waals surface area contributed by atoms with Crippen molar-refractivity contribution in [1.82, 2.24) is 0 Å². The molecular weight excluding hydrogens is 272 g/mol. The first kappa shape index (κ1) is 17.7. The van der Waals surface area contributed by atoms with Crippen LogP contribution in [-0.2, 0) is 0 Å². The van der Waals surface area contributed by atoms with Gasteiger partial charge in [0.15, 0.2) is 0 Å². The van der Waals surface area contributed by atoms with Crippen molar-refractivity contribution >= 4 is 0 Å².